The van der Waals surface area contributed by atoms with Crippen LogP contribution in [-0.4, -0.2) is 28.9 Å². The Morgan fingerprint density at radius 1 is 1.32 bits per heavy atom. The topological polar surface area (TPSA) is 81.7 Å². The normalized spacial score (nSPS) is 12.2. The third-order valence-corrected chi connectivity index (χ3v) is 6.54. The Bertz CT molecular complexity index is 1230. The van der Waals surface area contributed by atoms with E-state index in [1.807, 2.05) is 67.0 Å². The number of benzene rings is 1. The lowest BCUT2D eigenvalue weighted by molar-refractivity contribution is 0.0998. The molecule has 3 aromatic heterocycles. The molecule has 0 aliphatic rings. The molecule has 0 saturated carbocycles. The Morgan fingerprint density at radius 2 is 2.16 bits per heavy atom. The summed E-state index contributed by atoms with van der Waals surface area (Å²) in [6, 6.07) is 13.6. The van der Waals surface area contributed by atoms with E-state index in [1.54, 1.807) is 6.20 Å². The van der Waals surface area contributed by atoms with Crippen LogP contribution in [0.4, 0.5) is 0 Å². The van der Waals surface area contributed by atoms with Gasteiger partial charge in [-0.15, -0.1) is 11.3 Å². The molecule has 4 aromatic rings. The van der Waals surface area contributed by atoms with Gasteiger partial charge in [-0.25, -0.2) is 4.98 Å². The van der Waals surface area contributed by atoms with E-state index in [9.17, 15) is 4.79 Å². The van der Waals surface area contributed by atoms with E-state index in [2.05, 4.69) is 10.3 Å². The highest BCUT2D eigenvalue weighted by Crippen LogP contribution is 2.39. The monoisotopic (exact) mass is 454 g/mol. The Balaban J connectivity index is 1.63. The van der Waals surface area contributed by atoms with Crippen molar-refractivity contribution < 1.29 is 9.53 Å². The zero-order valence-electron chi connectivity index (χ0n) is 17.3. The van der Waals surface area contributed by atoms with Gasteiger partial charge in [0.25, 0.3) is 5.91 Å². The van der Waals surface area contributed by atoms with Crippen molar-refractivity contribution in [1.29, 1.82) is 0 Å². The third-order valence-electron chi connectivity index (χ3n) is 5.06. The molecule has 6 nitrogen and oxygen atoms in total. The van der Waals surface area contributed by atoms with Gasteiger partial charge in [-0.3, -0.25) is 9.20 Å². The van der Waals surface area contributed by atoms with Crippen molar-refractivity contribution in [2.45, 2.75) is 19.4 Å². The van der Waals surface area contributed by atoms with Gasteiger partial charge in [-0.05, 0) is 50.7 Å². The number of nitrogens with one attached hydrogen (secondary N) is 1. The van der Waals surface area contributed by atoms with Crippen LogP contribution in [0.2, 0.25) is 5.02 Å². The minimum Gasteiger partial charge on any atom is -0.484 e. The minimum atomic E-state index is -0.527. The number of likely N-dealkylation sites (N-methyl/N-ethyl adjacent to an activating group) is 1. The zero-order chi connectivity index (χ0) is 22.0. The standard InChI is InChI=1S/C23H23ClN4O2S/c1-14(16-7-6-15(8-9-26-2)11-17(16)24)30-19-12-20(31-22(19)23(25)29)18-13-27-21-5-3-4-10-28(18)21/h3-7,10-14,26H,8-9H2,1-2H3,(H2,25,29). The molecular formula is C23H23ClN4O2S. The molecule has 0 saturated heterocycles. The summed E-state index contributed by atoms with van der Waals surface area (Å²) in [5.74, 6) is -0.0815. The van der Waals surface area contributed by atoms with Crippen molar-refractivity contribution in [1.82, 2.24) is 14.7 Å². The highest BCUT2D eigenvalue weighted by atomic mass is 35.5. The number of hydrogen-bond donors (Lipinski definition) is 2. The summed E-state index contributed by atoms with van der Waals surface area (Å²) in [5.41, 5.74) is 9.35. The van der Waals surface area contributed by atoms with Crippen LogP contribution in [-0.2, 0) is 6.42 Å². The third kappa shape index (κ3) is 4.44. The number of carbonyl (C=O) groups excluding carboxylic acids is 1. The number of hydrogen-bond acceptors (Lipinski definition) is 5. The summed E-state index contributed by atoms with van der Waals surface area (Å²) in [6.45, 7) is 2.79. The van der Waals surface area contributed by atoms with Crippen LogP contribution in [0.1, 0.15) is 33.8 Å². The molecule has 1 unspecified atom stereocenters. The molecule has 31 heavy (non-hydrogen) atoms. The molecule has 160 valence electrons. The van der Waals surface area contributed by atoms with Gasteiger partial charge in [0.2, 0.25) is 0 Å². The van der Waals surface area contributed by atoms with E-state index in [0.717, 1.165) is 40.3 Å². The van der Waals surface area contributed by atoms with Crippen LogP contribution in [0.5, 0.6) is 5.75 Å². The van der Waals surface area contributed by atoms with Gasteiger partial charge in [-0.1, -0.05) is 29.8 Å². The molecule has 1 atom stereocenters. The van der Waals surface area contributed by atoms with E-state index in [4.69, 9.17) is 22.1 Å². The fourth-order valence-corrected chi connectivity index (χ4v) is 4.76. The number of thiophene rings is 1. The molecule has 3 N–H and O–H groups in total. The number of ether oxygens (including phenoxy) is 1. The number of nitrogens with two attached hydrogens (primary N) is 1. The molecular weight excluding hydrogens is 432 g/mol. The van der Waals surface area contributed by atoms with Crippen LogP contribution < -0.4 is 15.8 Å². The molecule has 1 aromatic carbocycles. The van der Waals surface area contributed by atoms with Crippen molar-refractivity contribution in [2.75, 3.05) is 13.6 Å². The van der Waals surface area contributed by atoms with E-state index in [1.165, 1.54) is 11.3 Å². The van der Waals surface area contributed by atoms with Gasteiger partial charge in [0, 0.05) is 22.8 Å². The van der Waals surface area contributed by atoms with Crippen molar-refractivity contribution in [2.24, 2.45) is 5.73 Å². The summed E-state index contributed by atoms with van der Waals surface area (Å²) < 4.78 is 8.13. The van der Waals surface area contributed by atoms with Crippen LogP contribution in [0.25, 0.3) is 16.2 Å². The highest BCUT2D eigenvalue weighted by Gasteiger charge is 2.21. The molecule has 4 rings (SSSR count). The summed E-state index contributed by atoms with van der Waals surface area (Å²) in [5, 5.41) is 3.77. The number of fused-ring (bicyclic) bond motifs is 1. The number of imidazole rings is 1. The first-order chi connectivity index (χ1) is 15.0. The second kappa shape index (κ2) is 9.09. The number of amides is 1. The van der Waals surface area contributed by atoms with Gasteiger partial charge >= 0.3 is 0 Å². The second-order valence-corrected chi connectivity index (χ2v) is 8.67. The van der Waals surface area contributed by atoms with Gasteiger partial charge in [0.05, 0.1) is 16.8 Å². The van der Waals surface area contributed by atoms with Crippen molar-refractivity contribution in [3.05, 3.63) is 75.9 Å². The first-order valence-electron chi connectivity index (χ1n) is 9.93. The number of nitrogens with zero attached hydrogens (tertiary/aromatic N) is 2. The first kappa shape index (κ1) is 21.4. The van der Waals surface area contributed by atoms with E-state index >= 15 is 0 Å². The molecule has 0 spiro atoms. The minimum absolute atomic E-state index is 0.353. The average molecular weight is 455 g/mol. The van der Waals surface area contributed by atoms with Crippen molar-refractivity contribution in [3.63, 3.8) is 0 Å². The lowest BCUT2D eigenvalue weighted by atomic mass is 10.1. The Labute approximate surface area is 189 Å². The maximum absolute atomic E-state index is 12.1. The van der Waals surface area contributed by atoms with Gasteiger partial charge in [-0.2, -0.15) is 0 Å². The van der Waals surface area contributed by atoms with Crippen LogP contribution in [0, 0.1) is 0 Å². The predicted molar refractivity (Wildman–Crippen MR) is 125 cm³/mol. The summed E-state index contributed by atoms with van der Waals surface area (Å²) in [6.07, 6.45) is 4.25. The van der Waals surface area contributed by atoms with E-state index in [0.29, 0.717) is 15.6 Å². The lowest BCUT2D eigenvalue weighted by Crippen LogP contribution is -2.12. The van der Waals surface area contributed by atoms with Gasteiger partial charge < -0.3 is 15.8 Å². The average Bonchev–Trinajstić information content (AvgIpc) is 3.36. The largest absolute Gasteiger partial charge is 0.484 e. The predicted octanol–water partition coefficient (Wildman–Crippen LogP) is 4.72. The molecule has 0 fully saturated rings. The molecule has 0 bridgehead atoms. The van der Waals surface area contributed by atoms with Crippen LogP contribution in [0.3, 0.4) is 0 Å². The molecule has 0 aliphatic carbocycles. The SMILES string of the molecule is CNCCc1ccc(C(C)Oc2cc(-c3cnc4ccccn34)sc2C(N)=O)c(Cl)c1. The summed E-state index contributed by atoms with van der Waals surface area (Å²) in [7, 11) is 1.92. The van der Waals surface area contributed by atoms with Gasteiger partial charge in [0.15, 0.2) is 0 Å². The fraction of sp³-hybridized carbons (Fsp3) is 0.217. The number of halogens is 1. The summed E-state index contributed by atoms with van der Waals surface area (Å²) in [4.78, 5) is 17.7. The summed E-state index contributed by atoms with van der Waals surface area (Å²) >= 11 is 7.82. The molecule has 0 radical (unpaired) electrons. The maximum Gasteiger partial charge on any atom is 0.262 e. The number of carbonyl (C=O) groups is 1. The lowest BCUT2D eigenvalue weighted by Gasteiger charge is -2.17. The first-order valence-corrected chi connectivity index (χ1v) is 11.1. The van der Waals surface area contributed by atoms with E-state index < -0.39 is 5.91 Å². The quantitative estimate of drug-likeness (QED) is 0.403. The number of rotatable bonds is 8. The number of aromatic nitrogens is 2. The van der Waals surface area contributed by atoms with Crippen LogP contribution in [0.15, 0.2) is 54.9 Å². The Kier molecular flexibility index (Phi) is 6.27. The molecule has 3 heterocycles. The van der Waals surface area contributed by atoms with Crippen molar-refractivity contribution in [3.8, 4) is 16.3 Å². The Morgan fingerprint density at radius 3 is 2.90 bits per heavy atom. The Hall–Kier alpha value is -2.87. The number of pyridine rings is 1. The van der Waals surface area contributed by atoms with Crippen LogP contribution >= 0.6 is 22.9 Å². The molecule has 1 amide bonds. The fourth-order valence-electron chi connectivity index (χ4n) is 3.45. The zero-order valence-corrected chi connectivity index (χ0v) is 18.8. The second-order valence-electron chi connectivity index (χ2n) is 7.21. The number of primary amides is 1. The maximum atomic E-state index is 12.1. The van der Waals surface area contributed by atoms with Gasteiger partial charge in [0.1, 0.15) is 22.4 Å². The highest BCUT2D eigenvalue weighted by molar-refractivity contribution is 7.17. The molecule has 8 heteroatoms. The smallest absolute Gasteiger partial charge is 0.262 e. The van der Waals surface area contributed by atoms with E-state index in [-0.39, 0.29) is 6.10 Å². The van der Waals surface area contributed by atoms with Crippen molar-refractivity contribution >= 4 is 34.5 Å². The molecule has 0 aliphatic heterocycles.